The van der Waals surface area contributed by atoms with Crippen molar-refractivity contribution in [3.8, 4) is 0 Å². The van der Waals surface area contributed by atoms with Crippen molar-refractivity contribution in [3.63, 3.8) is 0 Å². The van der Waals surface area contributed by atoms with Gasteiger partial charge in [-0.25, -0.2) is 0 Å². The highest BCUT2D eigenvalue weighted by Gasteiger charge is 2.05. The van der Waals surface area contributed by atoms with Crippen LogP contribution in [0.3, 0.4) is 0 Å². The first-order chi connectivity index (χ1) is 4.45. The molecule has 60 valence electrons. The molecule has 0 aromatic carbocycles. The highest BCUT2D eigenvalue weighted by molar-refractivity contribution is 4.96. The quantitative estimate of drug-likeness (QED) is 0.538. The molecule has 0 aliphatic rings. The van der Waals surface area contributed by atoms with Crippen molar-refractivity contribution >= 4 is 0 Å². The van der Waals surface area contributed by atoms with E-state index >= 15 is 0 Å². The minimum Gasteiger partial charge on any atom is -0.499 e. The molecule has 0 bridgehead atoms. The van der Waals surface area contributed by atoms with Crippen molar-refractivity contribution < 1.29 is 4.74 Å². The SMILES string of the molecule is CCO/C(C)=C/C(C)(C)C. The molecule has 0 fully saturated rings. The van der Waals surface area contributed by atoms with Crippen molar-refractivity contribution in [1.82, 2.24) is 0 Å². The molecule has 0 rings (SSSR count). The third-order valence-electron chi connectivity index (χ3n) is 1.01. The fraction of sp³-hybridized carbons (Fsp3) is 0.778. The number of allylic oxidation sites excluding steroid dienone is 2. The van der Waals surface area contributed by atoms with E-state index in [0.29, 0.717) is 0 Å². The second kappa shape index (κ2) is 3.65. The van der Waals surface area contributed by atoms with Crippen LogP contribution in [-0.2, 0) is 4.74 Å². The predicted octanol–water partition coefficient (Wildman–Crippen LogP) is 2.97. The van der Waals surface area contributed by atoms with E-state index in [-0.39, 0.29) is 5.41 Å². The van der Waals surface area contributed by atoms with Crippen LogP contribution in [0.25, 0.3) is 0 Å². The fourth-order valence-corrected chi connectivity index (χ4v) is 0.879. The summed E-state index contributed by atoms with van der Waals surface area (Å²) in [4.78, 5) is 0. The molecule has 0 aromatic heterocycles. The van der Waals surface area contributed by atoms with Crippen molar-refractivity contribution in [3.05, 3.63) is 11.8 Å². The Kier molecular flexibility index (Phi) is 3.48. The highest BCUT2D eigenvalue weighted by atomic mass is 16.5. The van der Waals surface area contributed by atoms with Crippen LogP contribution in [0.5, 0.6) is 0 Å². The van der Waals surface area contributed by atoms with Gasteiger partial charge in [0.1, 0.15) is 0 Å². The van der Waals surface area contributed by atoms with Gasteiger partial charge in [-0.3, -0.25) is 0 Å². The normalized spacial score (nSPS) is 13.5. The second-order valence-electron chi connectivity index (χ2n) is 3.55. The van der Waals surface area contributed by atoms with Crippen LogP contribution in [0.2, 0.25) is 0 Å². The summed E-state index contributed by atoms with van der Waals surface area (Å²) in [6.45, 7) is 11.2. The first-order valence-corrected chi connectivity index (χ1v) is 3.78. The molecule has 0 saturated carbocycles. The van der Waals surface area contributed by atoms with Gasteiger partial charge in [-0.2, -0.15) is 0 Å². The molecule has 0 aliphatic carbocycles. The predicted molar refractivity (Wildman–Crippen MR) is 44.8 cm³/mol. The van der Waals surface area contributed by atoms with Gasteiger partial charge in [0.25, 0.3) is 0 Å². The van der Waals surface area contributed by atoms with Crippen LogP contribution in [0, 0.1) is 5.41 Å². The van der Waals surface area contributed by atoms with Gasteiger partial charge in [-0.05, 0) is 25.3 Å². The van der Waals surface area contributed by atoms with Crippen LogP contribution in [0.15, 0.2) is 11.8 Å². The van der Waals surface area contributed by atoms with Gasteiger partial charge < -0.3 is 4.74 Å². The molecule has 0 saturated heterocycles. The molecule has 0 N–H and O–H groups in total. The summed E-state index contributed by atoms with van der Waals surface area (Å²) < 4.78 is 5.28. The Bertz CT molecular complexity index is 117. The minimum atomic E-state index is 0.235. The largest absolute Gasteiger partial charge is 0.499 e. The summed E-state index contributed by atoms with van der Waals surface area (Å²) in [6, 6.07) is 0. The average Bonchev–Trinajstić information content (AvgIpc) is 1.59. The molecule has 1 nitrogen and oxygen atoms in total. The summed E-state index contributed by atoms with van der Waals surface area (Å²) in [5, 5.41) is 0. The molecule has 0 radical (unpaired) electrons. The molecule has 0 aromatic rings. The lowest BCUT2D eigenvalue weighted by atomic mass is 9.96. The molecule has 0 aliphatic heterocycles. The Morgan fingerprint density at radius 1 is 1.40 bits per heavy atom. The van der Waals surface area contributed by atoms with Gasteiger partial charge in [0.05, 0.1) is 12.4 Å². The van der Waals surface area contributed by atoms with E-state index in [4.69, 9.17) is 4.74 Å². The van der Waals surface area contributed by atoms with Gasteiger partial charge >= 0.3 is 0 Å². The number of hydrogen-bond donors (Lipinski definition) is 0. The van der Waals surface area contributed by atoms with Crippen molar-refractivity contribution in [2.45, 2.75) is 34.6 Å². The third-order valence-corrected chi connectivity index (χ3v) is 1.01. The van der Waals surface area contributed by atoms with E-state index < -0.39 is 0 Å². The van der Waals surface area contributed by atoms with Crippen LogP contribution >= 0.6 is 0 Å². The Morgan fingerprint density at radius 3 is 2.20 bits per heavy atom. The zero-order chi connectivity index (χ0) is 8.20. The molecule has 0 heterocycles. The maximum atomic E-state index is 5.28. The topological polar surface area (TPSA) is 9.23 Å². The Hall–Kier alpha value is -0.460. The van der Waals surface area contributed by atoms with E-state index in [1.165, 1.54) is 0 Å². The zero-order valence-electron chi connectivity index (χ0n) is 7.69. The maximum absolute atomic E-state index is 5.28. The third kappa shape index (κ3) is 5.67. The summed E-state index contributed by atoms with van der Waals surface area (Å²) in [6.07, 6.45) is 2.14. The van der Waals surface area contributed by atoms with E-state index in [1.807, 2.05) is 13.8 Å². The van der Waals surface area contributed by atoms with Crippen LogP contribution in [-0.4, -0.2) is 6.61 Å². The van der Waals surface area contributed by atoms with E-state index in [0.717, 1.165) is 12.4 Å². The van der Waals surface area contributed by atoms with Crippen LogP contribution < -0.4 is 0 Å². The van der Waals surface area contributed by atoms with Crippen molar-refractivity contribution in [2.75, 3.05) is 6.61 Å². The molecule has 0 unspecified atom stereocenters. The summed E-state index contributed by atoms with van der Waals surface area (Å²) in [7, 11) is 0. The van der Waals surface area contributed by atoms with Gasteiger partial charge in [0, 0.05) is 0 Å². The maximum Gasteiger partial charge on any atom is 0.0894 e. The second-order valence-corrected chi connectivity index (χ2v) is 3.55. The highest BCUT2D eigenvalue weighted by Crippen LogP contribution is 2.17. The average molecular weight is 142 g/mol. The van der Waals surface area contributed by atoms with Crippen molar-refractivity contribution in [1.29, 1.82) is 0 Å². The summed E-state index contributed by atoms with van der Waals surface area (Å²) >= 11 is 0. The lowest BCUT2D eigenvalue weighted by molar-refractivity contribution is 0.225. The van der Waals surface area contributed by atoms with Gasteiger partial charge in [-0.1, -0.05) is 20.8 Å². The smallest absolute Gasteiger partial charge is 0.0894 e. The Balaban J connectivity index is 3.90. The monoisotopic (exact) mass is 142 g/mol. The number of rotatable bonds is 2. The van der Waals surface area contributed by atoms with Gasteiger partial charge in [0.2, 0.25) is 0 Å². The number of ether oxygens (including phenoxy) is 1. The molecule has 0 atom stereocenters. The minimum absolute atomic E-state index is 0.235. The van der Waals surface area contributed by atoms with E-state index in [1.54, 1.807) is 0 Å². The lowest BCUT2D eigenvalue weighted by Gasteiger charge is -2.13. The van der Waals surface area contributed by atoms with Crippen LogP contribution in [0.1, 0.15) is 34.6 Å². The molecule has 10 heavy (non-hydrogen) atoms. The first kappa shape index (κ1) is 9.54. The van der Waals surface area contributed by atoms with Crippen molar-refractivity contribution in [2.24, 2.45) is 5.41 Å². The molecular formula is C9H18O. The Morgan fingerprint density at radius 2 is 1.90 bits per heavy atom. The standard InChI is InChI=1S/C9H18O/c1-6-10-8(2)7-9(3,4)5/h7H,6H2,1-5H3/b8-7+. The van der Waals surface area contributed by atoms with Gasteiger partial charge in [0.15, 0.2) is 0 Å². The first-order valence-electron chi connectivity index (χ1n) is 3.78. The van der Waals surface area contributed by atoms with Crippen LogP contribution in [0.4, 0.5) is 0 Å². The molecule has 0 amide bonds. The van der Waals surface area contributed by atoms with E-state index in [2.05, 4.69) is 26.8 Å². The fourth-order valence-electron chi connectivity index (χ4n) is 0.879. The summed E-state index contributed by atoms with van der Waals surface area (Å²) in [5.74, 6) is 1.02. The van der Waals surface area contributed by atoms with Gasteiger partial charge in [-0.15, -0.1) is 0 Å². The molecule has 1 heteroatoms. The lowest BCUT2D eigenvalue weighted by Crippen LogP contribution is -2.01. The Labute approximate surface area is 64.1 Å². The molecular weight excluding hydrogens is 124 g/mol. The number of hydrogen-bond acceptors (Lipinski definition) is 1. The molecule has 0 spiro atoms. The summed E-state index contributed by atoms with van der Waals surface area (Å²) in [5.41, 5.74) is 0.235. The zero-order valence-corrected chi connectivity index (χ0v) is 7.69. The van der Waals surface area contributed by atoms with E-state index in [9.17, 15) is 0 Å².